The molecule has 2 amide bonds. The molecular formula is C12H21N3O. The summed E-state index contributed by atoms with van der Waals surface area (Å²) in [5, 5.41) is 10.7. The number of amidine groups is 1. The first-order valence-corrected chi connectivity index (χ1v) is 6.24. The number of urea groups is 1. The normalized spacial score (nSPS) is 24.3. The second kappa shape index (κ2) is 4.07. The first kappa shape index (κ1) is 11.4. The summed E-state index contributed by atoms with van der Waals surface area (Å²) in [6.45, 7) is 4.99. The van der Waals surface area contributed by atoms with Gasteiger partial charge in [0.05, 0.1) is 0 Å². The van der Waals surface area contributed by atoms with Crippen LogP contribution >= 0.6 is 0 Å². The molecule has 1 aliphatic carbocycles. The summed E-state index contributed by atoms with van der Waals surface area (Å²) in [7, 11) is 0. The number of hydrogen-bond acceptors (Lipinski definition) is 2. The van der Waals surface area contributed by atoms with Crippen LogP contribution in [0.25, 0.3) is 0 Å². The highest BCUT2D eigenvalue weighted by molar-refractivity contribution is 6.08. The minimum atomic E-state index is -0.292. The molecule has 1 aliphatic heterocycles. The lowest BCUT2D eigenvalue weighted by molar-refractivity contribution is 0.135. The van der Waals surface area contributed by atoms with Gasteiger partial charge in [0, 0.05) is 6.54 Å². The second-order valence-electron chi connectivity index (χ2n) is 5.40. The molecule has 2 rings (SSSR count). The summed E-state index contributed by atoms with van der Waals surface area (Å²) < 4.78 is 0. The van der Waals surface area contributed by atoms with Crippen LogP contribution in [0.3, 0.4) is 0 Å². The maximum Gasteiger partial charge on any atom is 0.323 e. The molecule has 4 nitrogen and oxygen atoms in total. The van der Waals surface area contributed by atoms with E-state index in [-0.39, 0.29) is 11.6 Å². The minimum Gasteiger partial charge on any atom is -0.311 e. The van der Waals surface area contributed by atoms with Gasteiger partial charge in [0.1, 0.15) is 11.4 Å². The van der Waals surface area contributed by atoms with Crippen molar-refractivity contribution in [2.75, 3.05) is 6.54 Å². The Kier molecular flexibility index (Phi) is 2.91. The number of carbonyl (C=O) groups excluding carboxylic acids is 1. The lowest BCUT2D eigenvalue weighted by atomic mass is 9.80. The lowest BCUT2D eigenvalue weighted by Crippen LogP contribution is -2.51. The Labute approximate surface area is 96.9 Å². The smallest absolute Gasteiger partial charge is 0.311 e. The zero-order chi connectivity index (χ0) is 11.8. The van der Waals surface area contributed by atoms with E-state index >= 15 is 0 Å². The number of hydrogen-bond donors (Lipinski definition) is 2. The van der Waals surface area contributed by atoms with Gasteiger partial charge in [-0.2, -0.15) is 0 Å². The predicted molar refractivity (Wildman–Crippen MR) is 63.6 cm³/mol. The highest BCUT2D eigenvalue weighted by atomic mass is 16.2. The van der Waals surface area contributed by atoms with Crippen LogP contribution < -0.4 is 5.32 Å². The van der Waals surface area contributed by atoms with Gasteiger partial charge < -0.3 is 4.90 Å². The van der Waals surface area contributed by atoms with Crippen LogP contribution in [0.1, 0.15) is 46.0 Å². The molecule has 2 N–H and O–H groups in total. The molecule has 0 aromatic heterocycles. The molecule has 1 saturated carbocycles. The summed E-state index contributed by atoms with van der Waals surface area (Å²) in [6, 6.07) is -0.0689. The largest absolute Gasteiger partial charge is 0.323 e. The summed E-state index contributed by atoms with van der Waals surface area (Å²) in [5.74, 6) is 0.883. The highest BCUT2D eigenvalue weighted by Crippen LogP contribution is 2.37. The molecule has 16 heavy (non-hydrogen) atoms. The third-order valence-corrected chi connectivity index (χ3v) is 3.69. The number of rotatable bonds is 2. The Morgan fingerprint density at radius 1 is 1.38 bits per heavy atom. The van der Waals surface area contributed by atoms with Crippen LogP contribution in [0.15, 0.2) is 0 Å². The molecular weight excluding hydrogens is 202 g/mol. The number of carbonyl (C=O) groups is 1. The molecule has 1 spiro atoms. The average Bonchev–Trinajstić information content (AvgIpc) is 2.44. The molecule has 0 bridgehead atoms. The van der Waals surface area contributed by atoms with Crippen LogP contribution in [0.2, 0.25) is 0 Å². The summed E-state index contributed by atoms with van der Waals surface area (Å²) >= 11 is 0. The van der Waals surface area contributed by atoms with E-state index < -0.39 is 0 Å². The van der Waals surface area contributed by atoms with Gasteiger partial charge in [0.2, 0.25) is 0 Å². The van der Waals surface area contributed by atoms with E-state index in [1.807, 2.05) is 4.90 Å². The Balaban J connectivity index is 2.24. The summed E-state index contributed by atoms with van der Waals surface area (Å²) in [6.07, 6.45) is 5.41. The maximum atomic E-state index is 11.9. The van der Waals surface area contributed by atoms with Crippen LogP contribution in [0, 0.1) is 11.3 Å². The zero-order valence-corrected chi connectivity index (χ0v) is 10.2. The monoisotopic (exact) mass is 223 g/mol. The number of amides is 2. The van der Waals surface area contributed by atoms with Gasteiger partial charge in [-0.1, -0.05) is 33.1 Å². The van der Waals surface area contributed by atoms with E-state index in [1.54, 1.807) is 0 Å². The molecule has 0 radical (unpaired) electrons. The molecule has 0 aromatic carbocycles. The van der Waals surface area contributed by atoms with Crippen molar-refractivity contribution in [3.8, 4) is 0 Å². The molecule has 0 atom stereocenters. The second-order valence-corrected chi connectivity index (χ2v) is 5.40. The third-order valence-electron chi connectivity index (χ3n) is 3.69. The van der Waals surface area contributed by atoms with Gasteiger partial charge >= 0.3 is 6.03 Å². The molecule has 2 fully saturated rings. The quantitative estimate of drug-likeness (QED) is 0.741. The van der Waals surface area contributed by atoms with Gasteiger partial charge in [-0.05, 0) is 18.8 Å². The Morgan fingerprint density at radius 2 is 2.00 bits per heavy atom. The van der Waals surface area contributed by atoms with E-state index in [0.717, 1.165) is 32.2 Å². The third kappa shape index (κ3) is 1.70. The Hall–Kier alpha value is -1.06. The van der Waals surface area contributed by atoms with Crippen molar-refractivity contribution in [3.63, 3.8) is 0 Å². The molecule has 1 heterocycles. The van der Waals surface area contributed by atoms with Crippen molar-refractivity contribution < 1.29 is 4.79 Å². The first-order chi connectivity index (χ1) is 7.56. The van der Waals surface area contributed by atoms with E-state index in [9.17, 15) is 4.79 Å². The molecule has 0 aromatic rings. The predicted octanol–water partition coefficient (Wildman–Crippen LogP) is 2.35. The van der Waals surface area contributed by atoms with Crippen molar-refractivity contribution in [3.05, 3.63) is 0 Å². The molecule has 2 aliphatic rings. The first-order valence-electron chi connectivity index (χ1n) is 6.24. The van der Waals surface area contributed by atoms with Gasteiger partial charge in [-0.25, -0.2) is 4.79 Å². The highest BCUT2D eigenvalue weighted by Gasteiger charge is 2.50. The summed E-state index contributed by atoms with van der Waals surface area (Å²) in [5.41, 5.74) is -0.292. The van der Waals surface area contributed by atoms with E-state index in [2.05, 4.69) is 19.2 Å². The Morgan fingerprint density at radius 3 is 2.56 bits per heavy atom. The number of nitrogens with one attached hydrogen (secondary N) is 2. The molecule has 0 unspecified atom stereocenters. The fourth-order valence-corrected chi connectivity index (χ4v) is 2.90. The van der Waals surface area contributed by atoms with E-state index in [4.69, 9.17) is 5.41 Å². The van der Waals surface area contributed by atoms with Crippen LogP contribution in [-0.2, 0) is 0 Å². The van der Waals surface area contributed by atoms with Crippen molar-refractivity contribution in [2.24, 2.45) is 5.92 Å². The van der Waals surface area contributed by atoms with E-state index in [0.29, 0.717) is 11.8 Å². The molecule has 1 saturated heterocycles. The standard InChI is InChI=1S/C12H21N3O/c1-9(2)8-15-11(16)14-10(13)12(15)6-4-3-5-7-12/h9H,3-8H2,1-2H3,(H2,13,14,16). The fourth-order valence-electron chi connectivity index (χ4n) is 2.90. The topological polar surface area (TPSA) is 56.2 Å². The van der Waals surface area contributed by atoms with Gasteiger partial charge in [-0.15, -0.1) is 0 Å². The fraction of sp³-hybridized carbons (Fsp3) is 0.833. The van der Waals surface area contributed by atoms with Crippen LogP contribution in [0.5, 0.6) is 0 Å². The van der Waals surface area contributed by atoms with Crippen LogP contribution in [0.4, 0.5) is 4.79 Å². The minimum absolute atomic E-state index is 0.0689. The molecule has 4 heteroatoms. The van der Waals surface area contributed by atoms with Crippen molar-refractivity contribution in [2.45, 2.75) is 51.5 Å². The SMILES string of the molecule is CC(C)CN1C(=O)NC(=N)C12CCCCC2. The van der Waals surface area contributed by atoms with Gasteiger partial charge in [0.25, 0.3) is 0 Å². The van der Waals surface area contributed by atoms with E-state index in [1.165, 1.54) is 6.42 Å². The van der Waals surface area contributed by atoms with Crippen molar-refractivity contribution in [1.82, 2.24) is 10.2 Å². The summed E-state index contributed by atoms with van der Waals surface area (Å²) in [4.78, 5) is 13.8. The maximum absolute atomic E-state index is 11.9. The molecule has 90 valence electrons. The van der Waals surface area contributed by atoms with Crippen molar-refractivity contribution in [1.29, 1.82) is 5.41 Å². The van der Waals surface area contributed by atoms with Gasteiger partial charge in [-0.3, -0.25) is 10.7 Å². The van der Waals surface area contributed by atoms with Crippen LogP contribution in [-0.4, -0.2) is 28.9 Å². The van der Waals surface area contributed by atoms with Gasteiger partial charge in [0.15, 0.2) is 0 Å². The zero-order valence-electron chi connectivity index (χ0n) is 10.2. The average molecular weight is 223 g/mol. The van der Waals surface area contributed by atoms with Crippen molar-refractivity contribution >= 4 is 11.9 Å². The number of nitrogens with zero attached hydrogens (tertiary/aromatic N) is 1. The Bertz CT molecular complexity index is 305. The lowest BCUT2D eigenvalue weighted by Gasteiger charge is -2.40.